The first kappa shape index (κ1) is 20.8. The molecule has 1 fully saturated rings. The molecule has 0 N–H and O–H groups in total. The lowest BCUT2D eigenvalue weighted by atomic mass is 10.1. The van der Waals surface area contributed by atoms with Crippen LogP contribution in [0.2, 0.25) is 0 Å². The Morgan fingerprint density at radius 1 is 1.23 bits per heavy atom. The molecule has 8 nitrogen and oxygen atoms in total. The molecule has 3 heterocycles. The molecule has 1 aromatic carbocycles. The van der Waals surface area contributed by atoms with Gasteiger partial charge in [-0.3, -0.25) is 4.79 Å². The fraction of sp³-hybridized carbons (Fsp3) is 0.400. The molecule has 158 valence electrons. The molecule has 30 heavy (non-hydrogen) atoms. The first-order valence-corrected chi connectivity index (χ1v) is 12.5. The van der Waals surface area contributed by atoms with Gasteiger partial charge in [-0.25, -0.2) is 17.9 Å². The number of sulfone groups is 1. The monoisotopic (exact) mass is 445 g/mol. The molecule has 1 saturated heterocycles. The summed E-state index contributed by atoms with van der Waals surface area (Å²) >= 11 is 1.24. The summed E-state index contributed by atoms with van der Waals surface area (Å²) in [6.45, 7) is 4.21. The van der Waals surface area contributed by atoms with Gasteiger partial charge in [0.05, 0.1) is 17.3 Å². The zero-order valence-electron chi connectivity index (χ0n) is 16.9. The third-order valence-electron chi connectivity index (χ3n) is 5.09. The average molecular weight is 446 g/mol. The minimum atomic E-state index is -3.10. The van der Waals surface area contributed by atoms with E-state index in [4.69, 9.17) is 0 Å². The molecule has 0 unspecified atom stereocenters. The van der Waals surface area contributed by atoms with Gasteiger partial charge < -0.3 is 4.90 Å². The first-order valence-electron chi connectivity index (χ1n) is 9.68. The number of carbonyl (C=O) groups excluding carboxylic acids is 1. The fourth-order valence-corrected chi connectivity index (χ4v) is 6.08. The Balaban J connectivity index is 1.51. The van der Waals surface area contributed by atoms with Crippen LogP contribution < -0.4 is 0 Å². The molecule has 3 aromatic rings. The topological polar surface area (TPSA) is 97.5 Å². The molecule has 2 aromatic heterocycles. The molecule has 1 atom stereocenters. The summed E-state index contributed by atoms with van der Waals surface area (Å²) in [4.78, 5) is 23.6. The van der Waals surface area contributed by atoms with Crippen LogP contribution in [0.3, 0.4) is 0 Å². The fourth-order valence-electron chi connectivity index (χ4n) is 3.64. The highest BCUT2D eigenvalue weighted by molar-refractivity contribution is 7.99. The minimum absolute atomic E-state index is 0.0191. The molecule has 0 radical (unpaired) electrons. The predicted octanol–water partition coefficient (Wildman–Crippen LogP) is 2.05. The largest absolute Gasteiger partial charge is 0.334 e. The van der Waals surface area contributed by atoms with Gasteiger partial charge in [-0.15, -0.1) is 5.10 Å². The first-order chi connectivity index (χ1) is 14.3. The van der Waals surface area contributed by atoms with Crippen LogP contribution in [0.4, 0.5) is 0 Å². The van der Waals surface area contributed by atoms with Crippen molar-refractivity contribution in [2.75, 3.05) is 17.3 Å². The van der Waals surface area contributed by atoms with E-state index in [2.05, 4.69) is 15.1 Å². The third kappa shape index (κ3) is 4.65. The van der Waals surface area contributed by atoms with Crippen LogP contribution in [-0.4, -0.2) is 62.1 Å². The Morgan fingerprint density at radius 3 is 2.70 bits per heavy atom. The van der Waals surface area contributed by atoms with Gasteiger partial charge in [0, 0.05) is 24.0 Å². The lowest BCUT2D eigenvalue weighted by Gasteiger charge is -2.28. The Morgan fingerprint density at radius 2 is 2.00 bits per heavy atom. The number of nitrogens with zero attached hydrogens (tertiary/aromatic N) is 5. The number of hydrogen-bond donors (Lipinski definition) is 0. The number of aryl methyl sites for hydroxylation is 2. The van der Waals surface area contributed by atoms with Crippen LogP contribution in [0.5, 0.6) is 0 Å². The standard InChI is InChI=1S/C20H23N5O3S2/c1-14-10-15(2)25-19(21-14)22-20(23-25)29-12-18(26)24(11-16-6-4-3-5-7-16)17-8-9-30(27,28)13-17/h3-7,10,17H,8-9,11-13H2,1-2H3/t17-/m1/s1. The van der Waals surface area contributed by atoms with E-state index in [9.17, 15) is 13.2 Å². The van der Waals surface area contributed by atoms with Gasteiger partial charge in [-0.1, -0.05) is 42.1 Å². The maximum absolute atomic E-state index is 13.1. The van der Waals surface area contributed by atoms with Crippen LogP contribution in [0.1, 0.15) is 23.4 Å². The van der Waals surface area contributed by atoms with Crippen molar-refractivity contribution in [2.45, 2.75) is 38.0 Å². The molecule has 1 amide bonds. The average Bonchev–Trinajstić information content (AvgIpc) is 3.27. The van der Waals surface area contributed by atoms with Crippen LogP contribution in [0, 0.1) is 13.8 Å². The van der Waals surface area contributed by atoms with Crippen LogP contribution in [0.25, 0.3) is 5.78 Å². The summed E-state index contributed by atoms with van der Waals surface area (Å²) in [5, 5.41) is 4.90. The molecule has 10 heteroatoms. The van der Waals surface area contributed by atoms with Gasteiger partial charge in [-0.05, 0) is 31.9 Å². The van der Waals surface area contributed by atoms with Crippen molar-refractivity contribution in [1.29, 1.82) is 0 Å². The van der Waals surface area contributed by atoms with Crippen molar-refractivity contribution < 1.29 is 13.2 Å². The Hall–Kier alpha value is -2.46. The van der Waals surface area contributed by atoms with E-state index in [1.165, 1.54) is 11.8 Å². The maximum atomic E-state index is 13.1. The van der Waals surface area contributed by atoms with E-state index in [0.717, 1.165) is 17.0 Å². The van der Waals surface area contributed by atoms with Gasteiger partial charge in [0.1, 0.15) is 0 Å². The smallest absolute Gasteiger partial charge is 0.253 e. The van der Waals surface area contributed by atoms with E-state index in [1.807, 2.05) is 50.2 Å². The van der Waals surface area contributed by atoms with Gasteiger partial charge in [0.15, 0.2) is 9.84 Å². The van der Waals surface area contributed by atoms with E-state index in [-0.39, 0.29) is 29.2 Å². The van der Waals surface area contributed by atoms with Gasteiger partial charge in [-0.2, -0.15) is 4.98 Å². The number of thioether (sulfide) groups is 1. The zero-order chi connectivity index (χ0) is 21.3. The van der Waals surface area contributed by atoms with E-state index < -0.39 is 9.84 Å². The summed E-state index contributed by atoms with van der Waals surface area (Å²) in [5.74, 6) is 0.668. The SMILES string of the molecule is Cc1cc(C)n2nc(SCC(=O)N(Cc3ccccc3)[C@@H]3CCS(=O)(=O)C3)nc2n1. The molecule has 0 spiro atoms. The molecule has 1 aliphatic heterocycles. The second-order valence-electron chi connectivity index (χ2n) is 7.50. The highest BCUT2D eigenvalue weighted by atomic mass is 32.2. The quantitative estimate of drug-likeness (QED) is 0.536. The third-order valence-corrected chi connectivity index (χ3v) is 7.66. The van der Waals surface area contributed by atoms with Crippen LogP contribution in [0.15, 0.2) is 41.6 Å². The normalized spacial score (nSPS) is 18.0. The van der Waals surface area contributed by atoms with E-state index >= 15 is 0 Å². The molecule has 0 saturated carbocycles. The zero-order valence-corrected chi connectivity index (χ0v) is 18.5. The second kappa shape index (κ2) is 8.35. The molecule has 4 rings (SSSR count). The number of hydrogen-bond acceptors (Lipinski definition) is 7. The number of aromatic nitrogens is 4. The molecular weight excluding hydrogens is 422 g/mol. The Labute approximate surface area is 179 Å². The number of fused-ring (bicyclic) bond motifs is 1. The molecule has 0 bridgehead atoms. The molecule has 1 aliphatic rings. The maximum Gasteiger partial charge on any atom is 0.253 e. The number of rotatable bonds is 6. The summed E-state index contributed by atoms with van der Waals surface area (Å²) in [7, 11) is -3.10. The number of carbonyl (C=O) groups is 1. The summed E-state index contributed by atoms with van der Waals surface area (Å²) < 4.78 is 25.6. The molecule has 0 aliphatic carbocycles. The molecular formula is C20H23N5O3S2. The summed E-state index contributed by atoms with van der Waals surface area (Å²) in [6, 6.07) is 11.2. The summed E-state index contributed by atoms with van der Waals surface area (Å²) in [5.41, 5.74) is 2.75. The van der Waals surface area contributed by atoms with E-state index in [0.29, 0.717) is 23.9 Å². The lowest BCUT2D eigenvalue weighted by molar-refractivity contribution is -0.130. The van der Waals surface area contributed by atoms with Crippen molar-refractivity contribution in [3.8, 4) is 0 Å². The van der Waals surface area contributed by atoms with Crippen molar-refractivity contribution in [2.24, 2.45) is 0 Å². The van der Waals surface area contributed by atoms with Crippen molar-refractivity contribution >= 4 is 33.3 Å². The lowest BCUT2D eigenvalue weighted by Crippen LogP contribution is -2.41. The second-order valence-corrected chi connectivity index (χ2v) is 10.7. The number of amides is 1. The number of benzene rings is 1. The Kier molecular flexibility index (Phi) is 5.79. The van der Waals surface area contributed by atoms with E-state index in [1.54, 1.807) is 9.42 Å². The predicted molar refractivity (Wildman–Crippen MR) is 115 cm³/mol. The van der Waals surface area contributed by atoms with Crippen molar-refractivity contribution in [3.63, 3.8) is 0 Å². The highest BCUT2D eigenvalue weighted by Gasteiger charge is 2.34. The Bertz CT molecular complexity index is 1180. The van der Waals surface area contributed by atoms with Crippen molar-refractivity contribution in [1.82, 2.24) is 24.5 Å². The van der Waals surface area contributed by atoms with Gasteiger partial charge in [0.2, 0.25) is 11.1 Å². The highest BCUT2D eigenvalue weighted by Crippen LogP contribution is 2.23. The van der Waals surface area contributed by atoms with Crippen LogP contribution in [-0.2, 0) is 21.2 Å². The van der Waals surface area contributed by atoms with Gasteiger partial charge >= 0.3 is 0 Å². The van der Waals surface area contributed by atoms with Crippen molar-refractivity contribution in [3.05, 3.63) is 53.3 Å². The van der Waals surface area contributed by atoms with Crippen LogP contribution >= 0.6 is 11.8 Å². The minimum Gasteiger partial charge on any atom is -0.334 e. The van der Waals surface area contributed by atoms with Gasteiger partial charge in [0.25, 0.3) is 5.78 Å². The summed E-state index contributed by atoms with van der Waals surface area (Å²) in [6.07, 6.45) is 0.473.